The molecule has 0 bridgehead atoms. The van der Waals surface area contributed by atoms with Gasteiger partial charge in [-0.3, -0.25) is 4.79 Å². The molecule has 0 radical (unpaired) electrons. The van der Waals surface area contributed by atoms with Gasteiger partial charge < -0.3 is 5.32 Å². The number of nitrogens with one attached hydrogen (secondary N) is 1. The van der Waals surface area contributed by atoms with Crippen LogP contribution in [0.5, 0.6) is 0 Å². The molecule has 1 aromatic carbocycles. The van der Waals surface area contributed by atoms with E-state index < -0.39 is 5.82 Å². The molecule has 1 unspecified atom stereocenters. The van der Waals surface area contributed by atoms with Crippen LogP contribution in [-0.4, -0.2) is 17.8 Å². The molecule has 88 valence electrons. The van der Waals surface area contributed by atoms with E-state index in [9.17, 15) is 9.18 Å². The van der Waals surface area contributed by atoms with Crippen LogP contribution in [0.15, 0.2) is 22.7 Å². The summed E-state index contributed by atoms with van der Waals surface area (Å²) < 4.78 is 13.6. The Bertz CT molecular complexity index is 362. The summed E-state index contributed by atoms with van der Waals surface area (Å²) in [5.74, 6) is -0.412. The second kappa shape index (κ2) is 6.21. The molecular weight excluding hydrogens is 296 g/mol. The first-order chi connectivity index (χ1) is 7.56. The summed E-state index contributed by atoms with van der Waals surface area (Å²) in [6, 6.07) is 3.98. The van der Waals surface area contributed by atoms with Gasteiger partial charge in [-0.05, 0) is 24.6 Å². The standard InChI is InChI=1S/C11H12BrClFNO/c1-2-10(6-13)15-11(16)7-3-8(12)5-9(14)4-7/h3-5,10H,2,6H2,1H3,(H,15,16). The lowest BCUT2D eigenvalue weighted by Gasteiger charge is -2.13. The highest BCUT2D eigenvalue weighted by Crippen LogP contribution is 2.15. The molecular formula is C11H12BrClFNO. The Morgan fingerprint density at radius 1 is 1.56 bits per heavy atom. The molecule has 0 fully saturated rings. The number of carbonyl (C=O) groups excluding carboxylic acids is 1. The highest BCUT2D eigenvalue weighted by atomic mass is 79.9. The van der Waals surface area contributed by atoms with Crippen molar-refractivity contribution < 1.29 is 9.18 Å². The molecule has 0 aromatic heterocycles. The van der Waals surface area contributed by atoms with Gasteiger partial charge in [0.25, 0.3) is 5.91 Å². The number of benzene rings is 1. The van der Waals surface area contributed by atoms with E-state index in [-0.39, 0.29) is 17.5 Å². The lowest BCUT2D eigenvalue weighted by molar-refractivity contribution is 0.0939. The van der Waals surface area contributed by atoms with Crippen molar-refractivity contribution in [2.45, 2.75) is 19.4 Å². The number of rotatable bonds is 4. The van der Waals surface area contributed by atoms with E-state index >= 15 is 0 Å². The Hall–Kier alpha value is -0.610. The van der Waals surface area contributed by atoms with Crippen LogP contribution in [0.3, 0.4) is 0 Å². The Morgan fingerprint density at radius 2 is 2.25 bits per heavy atom. The summed E-state index contributed by atoms with van der Waals surface area (Å²) >= 11 is 8.80. The SMILES string of the molecule is CCC(CCl)NC(=O)c1cc(F)cc(Br)c1. The molecule has 0 aliphatic heterocycles. The Kier molecular flexibility index (Phi) is 5.22. The summed E-state index contributed by atoms with van der Waals surface area (Å²) in [7, 11) is 0. The molecule has 16 heavy (non-hydrogen) atoms. The normalized spacial score (nSPS) is 12.2. The minimum Gasteiger partial charge on any atom is -0.348 e. The maximum atomic E-state index is 13.1. The van der Waals surface area contributed by atoms with E-state index in [1.54, 1.807) is 6.07 Å². The zero-order valence-electron chi connectivity index (χ0n) is 8.77. The van der Waals surface area contributed by atoms with Gasteiger partial charge in [0.2, 0.25) is 0 Å². The molecule has 0 spiro atoms. The van der Waals surface area contributed by atoms with Crippen LogP contribution >= 0.6 is 27.5 Å². The quantitative estimate of drug-likeness (QED) is 0.849. The summed E-state index contributed by atoms with van der Waals surface area (Å²) in [4.78, 5) is 11.7. The largest absolute Gasteiger partial charge is 0.348 e. The first-order valence-electron chi connectivity index (χ1n) is 4.89. The number of hydrogen-bond donors (Lipinski definition) is 1. The maximum absolute atomic E-state index is 13.1. The maximum Gasteiger partial charge on any atom is 0.251 e. The predicted octanol–water partition coefficient (Wildman–Crippen LogP) is 3.34. The van der Waals surface area contributed by atoms with E-state index in [4.69, 9.17) is 11.6 Å². The Morgan fingerprint density at radius 3 is 2.75 bits per heavy atom. The van der Waals surface area contributed by atoms with Crippen molar-refractivity contribution in [2.75, 3.05) is 5.88 Å². The number of hydrogen-bond acceptors (Lipinski definition) is 1. The molecule has 0 aliphatic rings. The molecule has 5 heteroatoms. The van der Waals surface area contributed by atoms with Gasteiger partial charge in [0.1, 0.15) is 5.82 Å². The molecule has 1 aromatic rings. The molecule has 0 saturated heterocycles. The predicted molar refractivity (Wildman–Crippen MR) is 66.4 cm³/mol. The van der Waals surface area contributed by atoms with E-state index in [2.05, 4.69) is 21.2 Å². The third-order valence-electron chi connectivity index (χ3n) is 2.14. The molecule has 1 N–H and O–H groups in total. The Labute approximate surface area is 107 Å². The third-order valence-corrected chi connectivity index (χ3v) is 2.97. The van der Waals surface area contributed by atoms with Gasteiger partial charge >= 0.3 is 0 Å². The molecule has 0 heterocycles. The van der Waals surface area contributed by atoms with Crippen molar-refractivity contribution >= 4 is 33.4 Å². The van der Waals surface area contributed by atoms with Gasteiger partial charge in [-0.15, -0.1) is 11.6 Å². The van der Waals surface area contributed by atoms with E-state index in [1.807, 2.05) is 6.92 Å². The van der Waals surface area contributed by atoms with Crippen molar-refractivity contribution in [1.82, 2.24) is 5.32 Å². The van der Waals surface area contributed by atoms with Gasteiger partial charge in [-0.25, -0.2) is 4.39 Å². The highest BCUT2D eigenvalue weighted by molar-refractivity contribution is 9.10. The smallest absolute Gasteiger partial charge is 0.251 e. The number of halogens is 3. The Balaban J connectivity index is 2.80. The summed E-state index contributed by atoms with van der Waals surface area (Å²) in [6.45, 7) is 1.93. The molecule has 1 amide bonds. The summed E-state index contributed by atoms with van der Waals surface area (Å²) in [5.41, 5.74) is 0.287. The molecule has 0 aliphatic carbocycles. The first kappa shape index (κ1) is 13.5. The summed E-state index contributed by atoms with van der Waals surface area (Å²) in [5, 5.41) is 2.73. The van der Waals surface area contributed by atoms with Crippen LogP contribution in [-0.2, 0) is 0 Å². The molecule has 1 rings (SSSR count). The van der Waals surface area contributed by atoms with Crippen molar-refractivity contribution in [1.29, 1.82) is 0 Å². The van der Waals surface area contributed by atoms with Crippen molar-refractivity contribution in [3.8, 4) is 0 Å². The summed E-state index contributed by atoms with van der Waals surface area (Å²) in [6.07, 6.45) is 0.742. The molecule has 1 atom stereocenters. The van der Waals surface area contributed by atoms with Crippen LogP contribution < -0.4 is 5.32 Å². The topological polar surface area (TPSA) is 29.1 Å². The minimum atomic E-state index is -0.446. The van der Waals surface area contributed by atoms with E-state index in [0.29, 0.717) is 10.4 Å². The number of alkyl halides is 1. The number of amides is 1. The fourth-order valence-electron chi connectivity index (χ4n) is 1.20. The monoisotopic (exact) mass is 307 g/mol. The van der Waals surface area contributed by atoms with Crippen LogP contribution in [0, 0.1) is 5.82 Å². The van der Waals surface area contributed by atoms with Gasteiger partial charge in [0.15, 0.2) is 0 Å². The first-order valence-corrected chi connectivity index (χ1v) is 6.22. The van der Waals surface area contributed by atoms with E-state index in [0.717, 1.165) is 6.42 Å². The lowest BCUT2D eigenvalue weighted by atomic mass is 10.2. The van der Waals surface area contributed by atoms with Gasteiger partial charge in [-0.1, -0.05) is 22.9 Å². The molecule has 0 saturated carbocycles. The van der Waals surface area contributed by atoms with E-state index in [1.165, 1.54) is 12.1 Å². The third kappa shape index (κ3) is 3.76. The minimum absolute atomic E-state index is 0.0868. The fourth-order valence-corrected chi connectivity index (χ4v) is 1.96. The average molecular weight is 309 g/mol. The van der Waals surface area contributed by atoms with Crippen LogP contribution in [0.2, 0.25) is 0 Å². The lowest BCUT2D eigenvalue weighted by Crippen LogP contribution is -2.35. The van der Waals surface area contributed by atoms with Crippen molar-refractivity contribution in [3.05, 3.63) is 34.1 Å². The van der Waals surface area contributed by atoms with Crippen LogP contribution in [0.25, 0.3) is 0 Å². The van der Waals surface area contributed by atoms with Gasteiger partial charge in [0.05, 0.1) is 0 Å². The van der Waals surface area contributed by atoms with Crippen molar-refractivity contribution in [2.24, 2.45) is 0 Å². The van der Waals surface area contributed by atoms with Gasteiger partial charge in [0, 0.05) is 22.0 Å². The van der Waals surface area contributed by atoms with Crippen LogP contribution in [0.4, 0.5) is 4.39 Å². The zero-order chi connectivity index (χ0) is 12.1. The average Bonchev–Trinajstić information content (AvgIpc) is 2.24. The zero-order valence-corrected chi connectivity index (χ0v) is 11.1. The van der Waals surface area contributed by atoms with Gasteiger partial charge in [-0.2, -0.15) is 0 Å². The second-order valence-electron chi connectivity index (χ2n) is 3.39. The highest BCUT2D eigenvalue weighted by Gasteiger charge is 2.12. The number of carbonyl (C=O) groups is 1. The van der Waals surface area contributed by atoms with Crippen LogP contribution in [0.1, 0.15) is 23.7 Å². The second-order valence-corrected chi connectivity index (χ2v) is 4.62. The fraction of sp³-hybridized carbons (Fsp3) is 0.364. The molecule has 2 nitrogen and oxygen atoms in total. The van der Waals surface area contributed by atoms with Crippen molar-refractivity contribution in [3.63, 3.8) is 0 Å².